The van der Waals surface area contributed by atoms with Crippen molar-refractivity contribution >= 4 is 11.5 Å². The van der Waals surface area contributed by atoms with E-state index in [2.05, 4.69) is 45.1 Å². The summed E-state index contributed by atoms with van der Waals surface area (Å²) in [4.78, 5) is 0. The van der Waals surface area contributed by atoms with Crippen LogP contribution in [0.25, 0.3) is 17.1 Å². The van der Waals surface area contributed by atoms with Crippen LogP contribution in [0, 0.1) is 0 Å². The molecule has 28 heavy (non-hydrogen) atoms. The molecule has 6 nitrogen and oxygen atoms in total. The molecule has 138 valence electrons. The second-order valence-corrected chi connectivity index (χ2v) is 5.99. The summed E-state index contributed by atoms with van der Waals surface area (Å²) >= 11 is 0. The largest absolute Gasteiger partial charge is 0.470 e. The van der Waals surface area contributed by atoms with E-state index in [1.165, 1.54) is 0 Å². The van der Waals surface area contributed by atoms with Gasteiger partial charge in [-0.2, -0.15) is 0 Å². The van der Waals surface area contributed by atoms with Gasteiger partial charge in [0.2, 0.25) is 0 Å². The summed E-state index contributed by atoms with van der Waals surface area (Å²) < 4.78 is 7.29. The van der Waals surface area contributed by atoms with Gasteiger partial charge in [0.05, 0.1) is 11.4 Å². The van der Waals surface area contributed by atoms with E-state index in [9.17, 15) is 0 Å². The lowest BCUT2D eigenvalue weighted by molar-refractivity contribution is 0.291. The Hall–Kier alpha value is -3.93. The van der Waals surface area contributed by atoms with Gasteiger partial charge in [-0.3, -0.25) is 0 Å². The van der Waals surface area contributed by atoms with Crippen molar-refractivity contribution in [3.63, 3.8) is 0 Å². The third-order valence-corrected chi connectivity index (χ3v) is 4.16. The average Bonchev–Trinajstić information content (AvgIpc) is 3.49. The molecular weight excluding hydrogens is 350 g/mol. The van der Waals surface area contributed by atoms with Crippen LogP contribution < -0.4 is 5.32 Å². The molecule has 0 atom stereocenters. The van der Waals surface area contributed by atoms with Crippen LogP contribution in [0.1, 0.15) is 11.1 Å². The van der Waals surface area contributed by atoms with Crippen molar-refractivity contribution in [2.24, 2.45) is 0 Å². The molecule has 0 fully saturated rings. The summed E-state index contributed by atoms with van der Waals surface area (Å²) in [7, 11) is 0. The van der Waals surface area contributed by atoms with Crippen LogP contribution in [0.2, 0.25) is 0 Å². The molecule has 0 radical (unpaired) electrons. The molecule has 0 aliphatic carbocycles. The number of hydrogen-bond donors (Lipinski definition) is 1. The number of benzene rings is 3. The van der Waals surface area contributed by atoms with Crippen molar-refractivity contribution in [2.75, 3.05) is 6.73 Å². The Balaban J connectivity index is 0.000000151. The van der Waals surface area contributed by atoms with Gasteiger partial charge in [0, 0.05) is 11.1 Å². The Kier molecular flexibility index (Phi) is 5.39. The van der Waals surface area contributed by atoms with Gasteiger partial charge in [-0.1, -0.05) is 78.9 Å². The van der Waals surface area contributed by atoms with Gasteiger partial charge >= 0.3 is 0 Å². The topological polar surface area (TPSA) is 64.9 Å². The smallest absolute Gasteiger partial charge is 0.159 e. The first-order valence-electron chi connectivity index (χ1n) is 8.92. The highest BCUT2D eigenvalue weighted by molar-refractivity contribution is 5.87. The minimum atomic E-state index is 0.536. The minimum absolute atomic E-state index is 0.536. The van der Waals surface area contributed by atoms with E-state index >= 15 is 0 Å². The zero-order chi connectivity index (χ0) is 19.0. The van der Waals surface area contributed by atoms with Gasteiger partial charge in [0.1, 0.15) is 6.33 Å². The van der Waals surface area contributed by atoms with Crippen LogP contribution in [-0.4, -0.2) is 26.9 Å². The molecule has 0 saturated carbocycles. The zero-order valence-electron chi connectivity index (χ0n) is 15.1. The monoisotopic (exact) mass is 369 g/mol. The van der Waals surface area contributed by atoms with Crippen LogP contribution in [0.4, 0.5) is 0 Å². The van der Waals surface area contributed by atoms with E-state index in [4.69, 9.17) is 4.74 Å². The number of nitrogens with one attached hydrogen (secondary N) is 1. The third kappa shape index (κ3) is 4.07. The van der Waals surface area contributed by atoms with Crippen molar-refractivity contribution in [2.45, 2.75) is 0 Å². The highest BCUT2D eigenvalue weighted by Gasteiger charge is 2.17. The number of tetrazole rings is 1. The molecule has 0 saturated heterocycles. The minimum Gasteiger partial charge on any atom is -0.470 e. The molecule has 6 heteroatoms. The first-order chi connectivity index (χ1) is 13.9. The lowest BCUT2D eigenvalue weighted by Crippen LogP contribution is -2.06. The van der Waals surface area contributed by atoms with Gasteiger partial charge in [-0.05, 0) is 22.6 Å². The molecule has 5 rings (SSSR count). The summed E-state index contributed by atoms with van der Waals surface area (Å²) in [6.45, 7) is 0.536. The van der Waals surface area contributed by atoms with E-state index in [1.807, 2.05) is 66.7 Å². The Morgan fingerprint density at radius 3 is 1.96 bits per heavy atom. The molecule has 2 heterocycles. The molecule has 4 aromatic rings. The van der Waals surface area contributed by atoms with Crippen molar-refractivity contribution in [3.05, 3.63) is 108 Å². The fraction of sp³-hybridized carbons (Fsp3) is 0.0455. The summed E-state index contributed by atoms with van der Waals surface area (Å²) in [5, 5.41) is 14.1. The van der Waals surface area contributed by atoms with Crippen molar-refractivity contribution in [1.29, 1.82) is 0 Å². The number of rotatable bonds is 3. The second kappa shape index (κ2) is 8.64. The first kappa shape index (κ1) is 17.5. The Morgan fingerprint density at radius 2 is 1.36 bits per heavy atom. The maximum absolute atomic E-state index is 5.67. The van der Waals surface area contributed by atoms with E-state index in [1.54, 1.807) is 11.0 Å². The lowest BCUT2D eigenvalue weighted by Gasteiger charge is -2.05. The Bertz CT molecular complexity index is 967. The maximum atomic E-state index is 5.67. The molecule has 0 amide bonds. The predicted octanol–water partition coefficient (Wildman–Crippen LogP) is 3.75. The molecule has 1 aliphatic heterocycles. The molecule has 1 aliphatic rings. The molecule has 3 aromatic carbocycles. The molecule has 0 spiro atoms. The van der Waals surface area contributed by atoms with Gasteiger partial charge < -0.3 is 10.1 Å². The highest BCUT2D eigenvalue weighted by atomic mass is 16.5. The van der Waals surface area contributed by atoms with Gasteiger partial charge in [0.25, 0.3) is 0 Å². The van der Waals surface area contributed by atoms with E-state index in [0.717, 1.165) is 28.3 Å². The van der Waals surface area contributed by atoms with Crippen LogP contribution in [0.15, 0.2) is 97.3 Å². The summed E-state index contributed by atoms with van der Waals surface area (Å²) in [5.74, 6) is 0.928. The van der Waals surface area contributed by atoms with E-state index < -0.39 is 0 Å². The summed E-state index contributed by atoms with van der Waals surface area (Å²) in [5.41, 5.74) is 4.30. The first-order valence-corrected chi connectivity index (χ1v) is 8.92. The van der Waals surface area contributed by atoms with Gasteiger partial charge in [-0.25, -0.2) is 4.68 Å². The maximum Gasteiger partial charge on any atom is 0.159 e. The van der Waals surface area contributed by atoms with Crippen molar-refractivity contribution in [3.8, 4) is 5.69 Å². The van der Waals surface area contributed by atoms with E-state index in [0.29, 0.717) is 6.73 Å². The van der Waals surface area contributed by atoms with Crippen molar-refractivity contribution in [1.82, 2.24) is 25.5 Å². The van der Waals surface area contributed by atoms with Crippen molar-refractivity contribution < 1.29 is 4.74 Å². The lowest BCUT2D eigenvalue weighted by atomic mass is 10.1. The normalized spacial score (nSPS) is 12.6. The Morgan fingerprint density at radius 1 is 0.750 bits per heavy atom. The number of aromatic nitrogens is 4. The second-order valence-electron chi connectivity index (χ2n) is 5.99. The fourth-order valence-electron chi connectivity index (χ4n) is 2.85. The molecule has 0 unspecified atom stereocenters. The third-order valence-electron chi connectivity index (χ3n) is 4.16. The average molecular weight is 369 g/mol. The van der Waals surface area contributed by atoms with Crippen LogP contribution in [0.3, 0.4) is 0 Å². The fourth-order valence-corrected chi connectivity index (χ4v) is 2.85. The van der Waals surface area contributed by atoms with Crippen LogP contribution in [-0.2, 0) is 4.74 Å². The molecular formula is C22H19N5O. The highest BCUT2D eigenvalue weighted by Crippen LogP contribution is 2.28. The number of ether oxygens (including phenoxy) is 1. The van der Waals surface area contributed by atoms with Gasteiger partial charge in [-0.15, -0.1) is 5.10 Å². The summed E-state index contributed by atoms with van der Waals surface area (Å²) in [6.07, 6.45) is 1.56. The number of hydrogen-bond acceptors (Lipinski definition) is 5. The number of nitrogens with zero attached hydrogens (tertiary/aromatic N) is 4. The standard InChI is InChI=1S/C15H13NO.C7H6N4/c1-3-7-12(8-4-1)14-15(17-11-16-14)13-9-5-2-6-10-13;1-2-4-7(5-3-1)11-6-8-9-10-11/h1-10,16H,11H2;1-6H. The molecule has 1 aromatic heterocycles. The zero-order valence-corrected chi connectivity index (χ0v) is 15.1. The summed E-state index contributed by atoms with van der Waals surface area (Å²) in [6, 6.07) is 30.1. The quantitative estimate of drug-likeness (QED) is 0.596. The van der Waals surface area contributed by atoms with E-state index in [-0.39, 0.29) is 0 Å². The van der Waals surface area contributed by atoms with Crippen LogP contribution >= 0.6 is 0 Å². The molecule has 0 bridgehead atoms. The Labute approximate surface area is 163 Å². The number of para-hydroxylation sites is 1. The molecule has 1 N–H and O–H groups in total. The SMILES string of the molecule is c1ccc(-n2cnnn2)cc1.c1ccc(C2=C(c3ccccc3)OCN2)cc1. The predicted molar refractivity (Wildman–Crippen MR) is 108 cm³/mol. The van der Waals surface area contributed by atoms with Gasteiger partial charge in [0.15, 0.2) is 12.5 Å². The van der Waals surface area contributed by atoms with Crippen LogP contribution in [0.5, 0.6) is 0 Å².